The Morgan fingerprint density at radius 3 is 2.83 bits per heavy atom. The van der Waals surface area contributed by atoms with Gasteiger partial charge in [0.15, 0.2) is 0 Å². The number of ether oxygens (including phenoxy) is 1. The molecule has 0 bridgehead atoms. The van der Waals surface area contributed by atoms with Gasteiger partial charge in [0, 0.05) is 23.2 Å². The van der Waals surface area contributed by atoms with Gasteiger partial charge in [0.05, 0.1) is 0 Å². The normalized spacial score (nSPS) is 22.4. The summed E-state index contributed by atoms with van der Waals surface area (Å²) in [5.74, 6) is 0.704. The standard InChI is InChI=1S/C14H21ClN2O/c1-3-11-4-9-17-14(10(2)13(11)15)18-12-5-7-16-8-6-12/h9,12,16H,3-8H2,1-2H3. The Hall–Kier alpha value is -0.800. The number of aliphatic imine (C=N–C) groups is 1. The van der Waals surface area contributed by atoms with Crippen LogP contribution in [0.3, 0.4) is 0 Å². The first kappa shape index (κ1) is 13.6. The molecule has 0 atom stereocenters. The van der Waals surface area contributed by atoms with Gasteiger partial charge < -0.3 is 10.1 Å². The first-order valence-electron chi connectivity index (χ1n) is 6.71. The zero-order chi connectivity index (χ0) is 13.0. The van der Waals surface area contributed by atoms with Gasteiger partial charge in [0.25, 0.3) is 0 Å². The summed E-state index contributed by atoms with van der Waals surface area (Å²) in [6, 6.07) is 0. The molecular weight excluding hydrogens is 248 g/mol. The maximum absolute atomic E-state index is 6.40. The number of allylic oxidation sites excluding steroid dienone is 3. The molecule has 2 rings (SSSR count). The van der Waals surface area contributed by atoms with Crippen LogP contribution in [0.5, 0.6) is 0 Å². The first-order valence-corrected chi connectivity index (χ1v) is 7.08. The molecular formula is C14H21ClN2O. The van der Waals surface area contributed by atoms with Crippen molar-refractivity contribution in [2.75, 3.05) is 13.1 Å². The average molecular weight is 269 g/mol. The van der Waals surface area contributed by atoms with E-state index in [1.54, 1.807) is 0 Å². The van der Waals surface area contributed by atoms with Crippen LogP contribution >= 0.6 is 11.6 Å². The molecule has 0 aromatic rings. The topological polar surface area (TPSA) is 33.6 Å². The summed E-state index contributed by atoms with van der Waals surface area (Å²) in [6.07, 6.45) is 6.03. The zero-order valence-electron chi connectivity index (χ0n) is 11.1. The highest BCUT2D eigenvalue weighted by molar-refractivity contribution is 6.32. The van der Waals surface area contributed by atoms with Crippen LogP contribution in [-0.4, -0.2) is 25.4 Å². The van der Waals surface area contributed by atoms with E-state index in [1.807, 2.05) is 13.1 Å². The summed E-state index contributed by atoms with van der Waals surface area (Å²) in [5.41, 5.74) is 2.21. The molecule has 18 heavy (non-hydrogen) atoms. The van der Waals surface area contributed by atoms with Crippen molar-refractivity contribution in [1.82, 2.24) is 5.32 Å². The first-order chi connectivity index (χ1) is 8.72. The molecule has 4 heteroatoms. The molecule has 2 aliphatic heterocycles. The van der Waals surface area contributed by atoms with E-state index >= 15 is 0 Å². The lowest BCUT2D eigenvalue weighted by molar-refractivity contribution is 0.0856. The third-order valence-corrected chi connectivity index (χ3v) is 4.05. The number of rotatable bonds is 3. The number of hydrogen-bond acceptors (Lipinski definition) is 3. The highest BCUT2D eigenvalue weighted by Crippen LogP contribution is 2.30. The Morgan fingerprint density at radius 2 is 2.17 bits per heavy atom. The Bertz CT molecular complexity index is 393. The van der Waals surface area contributed by atoms with Gasteiger partial charge >= 0.3 is 0 Å². The number of halogens is 1. The maximum atomic E-state index is 6.40. The van der Waals surface area contributed by atoms with Crippen molar-refractivity contribution in [3.8, 4) is 0 Å². The lowest BCUT2D eigenvalue weighted by atomic mass is 10.1. The zero-order valence-corrected chi connectivity index (χ0v) is 11.9. The van der Waals surface area contributed by atoms with Crippen LogP contribution in [0.15, 0.2) is 27.1 Å². The second kappa shape index (κ2) is 6.39. The number of nitrogens with zero attached hydrogens (tertiary/aromatic N) is 1. The average Bonchev–Trinajstić information content (AvgIpc) is 2.53. The van der Waals surface area contributed by atoms with Gasteiger partial charge in [-0.05, 0) is 44.8 Å². The van der Waals surface area contributed by atoms with E-state index in [0.29, 0.717) is 5.88 Å². The fraction of sp³-hybridized carbons (Fsp3) is 0.643. The summed E-state index contributed by atoms with van der Waals surface area (Å²) in [5, 5.41) is 4.16. The SMILES string of the molecule is CCC1=C(Cl)C(C)=C(OC2CCNCC2)N=CC1. The van der Waals surface area contributed by atoms with Gasteiger partial charge in [-0.15, -0.1) is 0 Å². The van der Waals surface area contributed by atoms with E-state index in [2.05, 4.69) is 17.2 Å². The minimum Gasteiger partial charge on any atom is -0.474 e. The molecule has 0 aromatic carbocycles. The van der Waals surface area contributed by atoms with Gasteiger partial charge in [-0.2, -0.15) is 0 Å². The summed E-state index contributed by atoms with van der Waals surface area (Å²) in [4.78, 5) is 4.43. The van der Waals surface area contributed by atoms with Crippen LogP contribution in [-0.2, 0) is 4.74 Å². The molecule has 2 heterocycles. The van der Waals surface area contributed by atoms with Crippen LogP contribution in [0, 0.1) is 0 Å². The quantitative estimate of drug-likeness (QED) is 0.852. The fourth-order valence-electron chi connectivity index (χ4n) is 2.27. The van der Waals surface area contributed by atoms with Crippen molar-refractivity contribution in [1.29, 1.82) is 0 Å². The molecule has 0 amide bonds. The molecule has 3 nitrogen and oxygen atoms in total. The van der Waals surface area contributed by atoms with E-state index in [-0.39, 0.29) is 6.10 Å². The molecule has 0 unspecified atom stereocenters. The van der Waals surface area contributed by atoms with Crippen LogP contribution in [0.25, 0.3) is 0 Å². The van der Waals surface area contributed by atoms with E-state index < -0.39 is 0 Å². The van der Waals surface area contributed by atoms with Crippen molar-refractivity contribution in [3.05, 3.63) is 22.1 Å². The third kappa shape index (κ3) is 3.15. The van der Waals surface area contributed by atoms with Gasteiger partial charge in [-0.3, -0.25) is 0 Å². The van der Waals surface area contributed by atoms with Gasteiger partial charge in [0.1, 0.15) is 6.10 Å². The van der Waals surface area contributed by atoms with Crippen LogP contribution in [0.1, 0.15) is 39.5 Å². The summed E-state index contributed by atoms with van der Waals surface area (Å²) >= 11 is 6.40. The largest absolute Gasteiger partial charge is 0.474 e. The van der Waals surface area contributed by atoms with Crippen molar-refractivity contribution in [2.45, 2.75) is 45.6 Å². The molecule has 0 aliphatic carbocycles. The van der Waals surface area contributed by atoms with Gasteiger partial charge in [-0.1, -0.05) is 18.5 Å². The van der Waals surface area contributed by atoms with Crippen LogP contribution < -0.4 is 5.32 Å². The molecule has 0 saturated carbocycles. The molecule has 1 saturated heterocycles. The molecule has 1 N–H and O–H groups in total. The van der Waals surface area contributed by atoms with Crippen molar-refractivity contribution < 1.29 is 4.74 Å². The summed E-state index contributed by atoms with van der Waals surface area (Å²) in [7, 11) is 0. The monoisotopic (exact) mass is 268 g/mol. The van der Waals surface area contributed by atoms with E-state index in [4.69, 9.17) is 16.3 Å². The van der Waals surface area contributed by atoms with Crippen molar-refractivity contribution >= 4 is 17.8 Å². The lowest BCUT2D eigenvalue weighted by Crippen LogP contribution is -2.32. The number of hydrogen-bond donors (Lipinski definition) is 1. The summed E-state index contributed by atoms with van der Waals surface area (Å²) < 4.78 is 6.01. The smallest absolute Gasteiger partial charge is 0.217 e. The predicted molar refractivity (Wildman–Crippen MR) is 76.0 cm³/mol. The van der Waals surface area contributed by atoms with Crippen molar-refractivity contribution in [3.63, 3.8) is 0 Å². The van der Waals surface area contributed by atoms with E-state index in [0.717, 1.165) is 49.4 Å². The lowest BCUT2D eigenvalue weighted by Gasteiger charge is -2.24. The summed E-state index contributed by atoms with van der Waals surface area (Å²) in [6.45, 7) is 6.16. The molecule has 0 aromatic heterocycles. The van der Waals surface area contributed by atoms with Crippen LogP contribution in [0.2, 0.25) is 0 Å². The van der Waals surface area contributed by atoms with Crippen molar-refractivity contribution in [2.24, 2.45) is 4.99 Å². The Morgan fingerprint density at radius 1 is 1.44 bits per heavy atom. The molecule has 1 fully saturated rings. The maximum Gasteiger partial charge on any atom is 0.217 e. The molecule has 0 radical (unpaired) electrons. The minimum atomic E-state index is 0.265. The highest BCUT2D eigenvalue weighted by Gasteiger charge is 2.19. The molecule has 0 spiro atoms. The minimum absolute atomic E-state index is 0.265. The van der Waals surface area contributed by atoms with Gasteiger partial charge in [0.2, 0.25) is 5.88 Å². The predicted octanol–water partition coefficient (Wildman–Crippen LogP) is 3.36. The second-order valence-corrected chi connectivity index (χ2v) is 5.16. The molecule has 100 valence electrons. The Kier molecular flexibility index (Phi) is 4.84. The fourth-order valence-corrected chi connectivity index (χ4v) is 2.57. The van der Waals surface area contributed by atoms with Crippen LogP contribution in [0.4, 0.5) is 0 Å². The Labute approximate surface area is 114 Å². The molecule has 2 aliphatic rings. The number of nitrogens with one attached hydrogen (secondary N) is 1. The highest BCUT2D eigenvalue weighted by atomic mass is 35.5. The Balaban J connectivity index is 2.14. The third-order valence-electron chi connectivity index (χ3n) is 3.50. The van der Waals surface area contributed by atoms with Gasteiger partial charge in [-0.25, -0.2) is 4.99 Å². The second-order valence-electron chi connectivity index (χ2n) is 4.78. The number of piperidine rings is 1. The van der Waals surface area contributed by atoms with E-state index in [1.165, 1.54) is 5.57 Å². The van der Waals surface area contributed by atoms with E-state index in [9.17, 15) is 0 Å².